The van der Waals surface area contributed by atoms with Crippen LogP contribution in [0, 0.1) is 5.92 Å². The molecule has 1 nitrogen and oxygen atoms in total. The molecule has 0 aliphatic heterocycles. The van der Waals surface area contributed by atoms with E-state index in [-0.39, 0.29) is 0 Å². The Bertz CT molecular complexity index is 1100. The SMILES string of the molecule is CCCCCCC1CCC(c2ccc(-c3ccc(OC(F)(F)C(F)(F)C(F)(F)C(F)(F)C(F)(F)F)cc3)cc2)CC1. The number of benzene rings is 2. The third kappa shape index (κ3) is 6.93. The number of unbranched alkanes of at least 4 members (excludes halogenated alkanes) is 3. The molecule has 12 heteroatoms. The second-order valence-electron chi connectivity index (χ2n) is 10.6. The highest BCUT2D eigenvalue weighted by Gasteiger charge is 2.88. The van der Waals surface area contributed by atoms with Crippen LogP contribution in [0.2, 0.25) is 0 Å². The largest absolute Gasteiger partial charge is 0.471 e. The van der Waals surface area contributed by atoms with Crippen molar-refractivity contribution in [1.29, 1.82) is 0 Å². The first kappa shape index (κ1) is 33.0. The Morgan fingerprint density at radius 2 is 1.12 bits per heavy atom. The highest BCUT2D eigenvalue weighted by molar-refractivity contribution is 5.64. The van der Waals surface area contributed by atoms with E-state index in [1.807, 2.05) is 12.1 Å². The van der Waals surface area contributed by atoms with Gasteiger partial charge in [-0.25, -0.2) is 0 Å². The highest BCUT2D eigenvalue weighted by atomic mass is 19.4. The fraction of sp³-hybridized carbons (Fsp3) is 0.586. The molecule has 230 valence electrons. The van der Waals surface area contributed by atoms with Crippen LogP contribution < -0.4 is 4.74 Å². The number of hydrogen-bond donors (Lipinski definition) is 0. The van der Waals surface area contributed by atoms with Crippen LogP contribution in [0.1, 0.15) is 76.2 Å². The van der Waals surface area contributed by atoms with Crippen LogP contribution in [0.25, 0.3) is 11.1 Å². The Morgan fingerprint density at radius 1 is 0.610 bits per heavy atom. The molecule has 41 heavy (non-hydrogen) atoms. The third-order valence-electron chi connectivity index (χ3n) is 7.64. The Hall–Kier alpha value is -2.53. The van der Waals surface area contributed by atoms with Crippen LogP contribution in [0.3, 0.4) is 0 Å². The monoisotopic (exact) mass is 604 g/mol. The maximum absolute atomic E-state index is 13.9. The summed E-state index contributed by atoms with van der Waals surface area (Å²) >= 11 is 0. The summed E-state index contributed by atoms with van der Waals surface area (Å²) in [6.45, 7) is 2.18. The van der Waals surface area contributed by atoms with Crippen molar-refractivity contribution in [3.05, 3.63) is 54.1 Å². The second kappa shape index (κ2) is 12.4. The number of halogens is 11. The molecule has 1 aliphatic rings. The average molecular weight is 605 g/mol. The highest BCUT2D eigenvalue weighted by Crippen LogP contribution is 2.57. The molecule has 0 bridgehead atoms. The van der Waals surface area contributed by atoms with Gasteiger partial charge in [0, 0.05) is 0 Å². The van der Waals surface area contributed by atoms with Crippen LogP contribution in [-0.2, 0) is 0 Å². The quantitative estimate of drug-likeness (QED) is 0.173. The standard InChI is InChI=1S/C29H31F11O/c1-2-3-4-5-6-19-7-9-20(10-8-19)21-11-13-22(14-12-21)23-15-17-24(18-16-23)41-29(39,40)27(34,35)25(30,31)26(32,33)28(36,37)38/h11-20H,2-10H2,1H3. The third-order valence-corrected chi connectivity index (χ3v) is 7.64. The van der Waals surface area contributed by atoms with Gasteiger partial charge in [-0.2, -0.15) is 48.3 Å². The minimum Gasteiger partial charge on any atom is -0.428 e. The van der Waals surface area contributed by atoms with Crippen molar-refractivity contribution >= 4 is 0 Å². The van der Waals surface area contributed by atoms with Crippen molar-refractivity contribution in [1.82, 2.24) is 0 Å². The molecule has 0 radical (unpaired) electrons. The normalized spacial score (nSPS) is 19.3. The lowest BCUT2D eigenvalue weighted by molar-refractivity contribution is -0.445. The predicted molar refractivity (Wildman–Crippen MR) is 132 cm³/mol. The van der Waals surface area contributed by atoms with Crippen LogP contribution in [0.4, 0.5) is 48.3 Å². The summed E-state index contributed by atoms with van der Waals surface area (Å²) in [6, 6.07) is 11.0. The molecule has 0 spiro atoms. The topological polar surface area (TPSA) is 9.23 Å². The lowest BCUT2D eigenvalue weighted by Crippen LogP contribution is -2.67. The summed E-state index contributed by atoms with van der Waals surface area (Å²) in [6.07, 6.45) is -2.97. The molecule has 1 saturated carbocycles. The van der Waals surface area contributed by atoms with Crippen LogP contribution in [0.5, 0.6) is 5.75 Å². The van der Waals surface area contributed by atoms with Crippen molar-refractivity contribution in [3.63, 3.8) is 0 Å². The van der Waals surface area contributed by atoms with Gasteiger partial charge in [-0.15, -0.1) is 0 Å². The molecular formula is C29H31F11O. The van der Waals surface area contributed by atoms with E-state index in [9.17, 15) is 48.3 Å². The molecule has 0 atom stereocenters. The van der Waals surface area contributed by atoms with E-state index in [1.54, 1.807) is 12.1 Å². The second-order valence-corrected chi connectivity index (χ2v) is 10.6. The zero-order valence-electron chi connectivity index (χ0n) is 22.2. The molecule has 3 rings (SSSR count). The molecule has 1 fully saturated rings. The smallest absolute Gasteiger partial charge is 0.428 e. The summed E-state index contributed by atoms with van der Waals surface area (Å²) in [5.41, 5.74) is 2.15. The summed E-state index contributed by atoms with van der Waals surface area (Å²) in [5, 5.41) is 0. The first-order valence-electron chi connectivity index (χ1n) is 13.4. The van der Waals surface area contributed by atoms with E-state index in [1.165, 1.54) is 32.1 Å². The molecule has 0 unspecified atom stereocenters. The zero-order valence-corrected chi connectivity index (χ0v) is 22.2. The number of hydrogen-bond acceptors (Lipinski definition) is 1. The first-order chi connectivity index (χ1) is 18.9. The maximum Gasteiger partial charge on any atom is 0.471 e. The first-order valence-corrected chi connectivity index (χ1v) is 13.4. The van der Waals surface area contributed by atoms with Crippen molar-refractivity contribution < 1.29 is 53.0 Å². The van der Waals surface area contributed by atoms with Crippen molar-refractivity contribution in [3.8, 4) is 16.9 Å². The van der Waals surface area contributed by atoms with Gasteiger partial charge in [0.15, 0.2) is 0 Å². The molecule has 0 aromatic heterocycles. The van der Waals surface area contributed by atoms with Gasteiger partial charge < -0.3 is 4.74 Å². The van der Waals surface area contributed by atoms with E-state index >= 15 is 0 Å². The number of ether oxygens (including phenoxy) is 1. The minimum absolute atomic E-state index is 0.401. The van der Waals surface area contributed by atoms with Gasteiger partial charge >= 0.3 is 30.1 Å². The Labute approximate surface area is 231 Å². The van der Waals surface area contributed by atoms with Gasteiger partial charge in [0.25, 0.3) is 0 Å². The Kier molecular flexibility index (Phi) is 9.95. The van der Waals surface area contributed by atoms with E-state index in [0.29, 0.717) is 29.2 Å². The number of rotatable bonds is 12. The minimum atomic E-state index is -7.52. The summed E-state index contributed by atoms with van der Waals surface area (Å²) < 4.78 is 148. The van der Waals surface area contributed by atoms with Crippen molar-refractivity contribution in [2.45, 2.75) is 101 Å². The van der Waals surface area contributed by atoms with Gasteiger partial charge in [0.2, 0.25) is 0 Å². The lowest BCUT2D eigenvalue weighted by Gasteiger charge is -2.36. The molecule has 0 N–H and O–H groups in total. The van der Waals surface area contributed by atoms with Gasteiger partial charge in [-0.3, -0.25) is 0 Å². The molecule has 0 heterocycles. The molecule has 2 aromatic rings. The number of alkyl halides is 11. The van der Waals surface area contributed by atoms with E-state index in [4.69, 9.17) is 0 Å². The Balaban J connectivity index is 1.63. The van der Waals surface area contributed by atoms with Crippen LogP contribution in [-0.4, -0.2) is 30.1 Å². The van der Waals surface area contributed by atoms with Gasteiger partial charge in [0.1, 0.15) is 5.75 Å². The van der Waals surface area contributed by atoms with Gasteiger partial charge in [0.05, 0.1) is 0 Å². The fourth-order valence-corrected chi connectivity index (χ4v) is 5.08. The molecule has 1 aliphatic carbocycles. The van der Waals surface area contributed by atoms with Gasteiger partial charge in [-0.05, 0) is 66.3 Å². The molecule has 0 saturated heterocycles. The van der Waals surface area contributed by atoms with E-state index < -0.39 is 35.8 Å². The Morgan fingerprint density at radius 3 is 1.61 bits per heavy atom. The van der Waals surface area contributed by atoms with Crippen molar-refractivity contribution in [2.24, 2.45) is 5.92 Å². The maximum atomic E-state index is 13.9. The molecule has 2 aromatic carbocycles. The summed E-state index contributed by atoms with van der Waals surface area (Å²) in [5.74, 6) is -22.2. The van der Waals surface area contributed by atoms with Crippen LogP contribution >= 0.6 is 0 Å². The fourth-order valence-electron chi connectivity index (χ4n) is 5.08. The zero-order chi connectivity index (χ0) is 30.7. The summed E-state index contributed by atoms with van der Waals surface area (Å²) in [7, 11) is 0. The lowest BCUT2D eigenvalue weighted by atomic mass is 9.77. The molecular weight excluding hydrogens is 573 g/mol. The average Bonchev–Trinajstić information content (AvgIpc) is 2.91. The van der Waals surface area contributed by atoms with Crippen molar-refractivity contribution in [2.75, 3.05) is 0 Å². The van der Waals surface area contributed by atoms with E-state index in [0.717, 1.165) is 49.3 Å². The molecule has 0 amide bonds. The van der Waals surface area contributed by atoms with E-state index in [2.05, 4.69) is 11.7 Å². The predicted octanol–water partition coefficient (Wildman–Crippen LogP) is 11.0. The van der Waals surface area contributed by atoms with Gasteiger partial charge in [-0.1, -0.05) is 75.4 Å². The van der Waals surface area contributed by atoms with Crippen LogP contribution in [0.15, 0.2) is 48.5 Å². The summed E-state index contributed by atoms with van der Waals surface area (Å²) in [4.78, 5) is 0.